The van der Waals surface area contributed by atoms with Gasteiger partial charge in [-0.05, 0) is 18.7 Å². The standard InChI is InChI=1S/C17H22ClN5O2S/c1-2-22-5-7-23(8-6-22)15-10-14(18)20-17(21-15)26-12-16(24)19-11-13-4-3-9-25-13/h3-4,9-10H,2,5-8,11-12H2,1H3,(H,19,24). The van der Waals surface area contributed by atoms with Gasteiger partial charge in [-0.3, -0.25) is 4.79 Å². The highest BCUT2D eigenvalue weighted by molar-refractivity contribution is 7.99. The number of amides is 1. The molecular formula is C17H22ClN5O2S. The molecule has 2 aromatic rings. The Balaban J connectivity index is 1.53. The fraction of sp³-hybridized carbons (Fsp3) is 0.471. The van der Waals surface area contributed by atoms with Crippen molar-refractivity contribution in [1.82, 2.24) is 20.2 Å². The number of carbonyl (C=O) groups excluding carboxylic acids is 1. The Hall–Kier alpha value is -1.77. The number of anilines is 1. The smallest absolute Gasteiger partial charge is 0.230 e. The van der Waals surface area contributed by atoms with E-state index in [1.165, 1.54) is 11.8 Å². The van der Waals surface area contributed by atoms with Crippen molar-refractivity contribution in [1.29, 1.82) is 0 Å². The lowest BCUT2D eigenvalue weighted by Crippen LogP contribution is -2.46. The van der Waals surface area contributed by atoms with E-state index in [4.69, 9.17) is 16.0 Å². The molecular weight excluding hydrogens is 374 g/mol. The van der Waals surface area contributed by atoms with Crippen LogP contribution in [0.3, 0.4) is 0 Å². The van der Waals surface area contributed by atoms with Crippen molar-refractivity contribution in [3.05, 3.63) is 35.4 Å². The fourth-order valence-corrected chi connectivity index (χ4v) is 3.60. The first-order valence-electron chi connectivity index (χ1n) is 8.58. The number of nitrogens with one attached hydrogen (secondary N) is 1. The van der Waals surface area contributed by atoms with Crippen LogP contribution >= 0.6 is 23.4 Å². The van der Waals surface area contributed by atoms with Crippen LogP contribution in [0.4, 0.5) is 5.82 Å². The summed E-state index contributed by atoms with van der Waals surface area (Å²) in [5, 5.41) is 3.71. The molecule has 1 saturated heterocycles. The molecule has 1 aliphatic heterocycles. The third-order valence-corrected chi connectivity index (χ3v) is 5.22. The number of carbonyl (C=O) groups is 1. The van der Waals surface area contributed by atoms with Gasteiger partial charge in [-0.1, -0.05) is 30.3 Å². The minimum Gasteiger partial charge on any atom is -0.467 e. The van der Waals surface area contributed by atoms with Crippen molar-refractivity contribution in [3.8, 4) is 0 Å². The molecule has 3 heterocycles. The summed E-state index contributed by atoms with van der Waals surface area (Å²) in [6, 6.07) is 5.39. The van der Waals surface area contributed by atoms with Gasteiger partial charge in [0, 0.05) is 32.2 Å². The summed E-state index contributed by atoms with van der Waals surface area (Å²) in [7, 11) is 0. The van der Waals surface area contributed by atoms with E-state index in [-0.39, 0.29) is 11.7 Å². The topological polar surface area (TPSA) is 74.5 Å². The Morgan fingerprint density at radius 3 is 2.85 bits per heavy atom. The molecule has 0 bridgehead atoms. The number of piperazine rings is 1. The molecule has 26 heavy (non-hydrogen) atoms. The van der Waals surface area contributed by atoms with Crippen LogP contribution in [0.15, 0.2) is 34.0 Å². The van der Waals surface area contributed by atoms with Crippen molar-refractivity contribution in [2.45, 2.75) is 18.6 Å². The zero-order chi connectivity index (χ0) is 18.4. The van der Waals surface area contributed by atoms with Crippen LogP contribution in [0.2, 0.25) is 5.15 Å². The molecule has 0 aromatic carbocycles. The molecule has 1 aliphatic rings. The third kappa shape index (κ3) is 5.36. The van der Waals surface area contributed by atoms with Gasteiger partial charge in [0.25, 0.3) is 0 Å². The zero-order valence-corrected chi connectivity index (χ0v) is 16.2. The first kappa shape index (κ1) is 19.0. The minimum atomic E-state index is -0.104. The van der Waals surface area contributed by atoms with Crippen LogP contribution in [0, 0.1) is 0 Å². The maximum absolute atomic E-state index is 12.0. The Bertz CT molecular complexity index is 720. The number of halogens is 1. The van der Waals surface area contributed by atoms with E-state index < -0.39 is 0 Å². The predicted octanol–water partition coefficient (Wildman–Crippen LogP) is 2.27. The van der Waals surface area contributed by atoms with Gasteiger partial charge in [-0.25, -0.2) is 9.97 Å². The summed E-state index contributed by atoms with van der Waals surface area (Å²) in [5.41, 5.74) is 0. The fourth-order valence-electron chi connectivity index (χ4n) is 2.69. The van der Waals surface area contributed by atoms with Crippen LogP contribution in [-0.2, 0) is 11.3 Å². The van der Waals surface area contributed by atoms with Gasteiger partial charge in [0.05, 0.1) is 18.6 Å². The highest BCUT2D eigenvalue weighted by Gasteiger charge is 2.18. The summed E-state index contributed by atoms with van der Waals surface area (Å²) in [6.45, 7) is 7.45. The second-order valence-corrected chi connectivity index (χ2v) is 7.23. The lowest BCUT2D eigenvalue weighted by molar-refractivity contribution is -0.118. The highest BCUT2D eigenvalue weighted by Crippen LogP contribution is 2.22. The molecule has 0 atom stereocenters. The van der Waals surface area contributed by atoms with E-state index in [1.54, 1.807) is 18.4 Å². The quantitative estimate of drug-likeness (QED) is 0.438. The highest BCUT2D eigenvalue weighted by atomic mass is 35.5. The number of thioether (sulfide) groups is 1. The Morgan fingerprint density at radius 2 is 2.15 bits per heavy atom. The van der Waals surface area contributed by atoms with E-state index in [1.807, 2.05) is 6.07 Å². The second kappa shape index (κ2) is 9.25. The van der Waals surface area contributed by atoms with E-state index in [0.29, 0.717) is 16.9 Å². The minimum absolute atomic E-state index is 0.104. The van der Waals surface area contributed by atoms with E-state index in [2.05, 4.69) is 32.0 Å². The average molecular weight is 396 g/mol. The number of rotatable bonds is 7. The molecule has 2 aromatic heterocycles. The number of hydrogen-bond acceptors (Lipinski definition) is 7. The first-order chi connectivity index (χ1) is 12.6. The lowest BCUT2D eigenvalue weighted by atomic mass is 10.3. The van der Waals surface area contributed by atoms with Gasteiger partial charge in [0.2, 0.25) is 5.91 Å². The average Bonchev–Trinajstić information content (AvgIpc) is 3.18. The van der Waals surface area contributed by atoms with Crippen molar-refractivity contribution in [2.75, 3.05) is 43.4 Å². The molecule has 0 aliphatic carbocycles. The number of furan rings is 1. The number of aromatic nitrogens is 2. The number of hydrogen-bond donors (Lipinski definition) is 1. The molecule has 1 fully saturated rings. The summed E-state index contributed by atoms with van der Waals surface area (Å²) in [5.74, 6) is 1.66. The molecule has 0 saturated carbocycles. The monoisotopic (exact) mass is 395 g/mol. The summed E-state index contributed by atoms with van der Waals surface area (Å²) in [6.07, 6.45) is 1.58. The lowest BCUT2D eigenvalue weighted by Gasteiger charge is -2.34. The van der Waals surface area contributed by atoms with Crippen molar-refractivity contribution < 1.29 is 9.21 Å². The van der Waals surface area contributed by atoms with Crippen LogP contribution in [-0.4, -0.2) is 59.3 Å². The van der Waals surface area contributed by atoms with Gasteiger partial charge in [-0.15, -0.1) is 0 Å². The molecule has 140 valence electrons. The molecule has 9 heteroatoms. The Morgan fingerprint density at radius 1 is 1.35 bits per heavy atom. The molecule has 0 radical (unpaired) electrons. The molecule has 3 rings (SSSR count). The van der Waals surface area contributed by atoms with E-state index in [9.17, 15) is 4.79 Å². The van der Waals surface area contributed by atoms with Gasteiger partial charge in [0.1, 0.15) is 16.7 Å². The van der Waals surface area contributed by atoms with E-state index >= 15 is 0 Å². The van der Waals surface area contributed by atoms with Gasteiger partial charge in [0.15, 0.2) is 5.16 Å². The van der Waals surface area contributed by atoms with Gasteiger partial charge in [-0.2, -0.15) is 0 Å². The SMILES string of the molecule is CCN1CCN(c2cc(Cl)nc(SCC(=O)NCc3ccco3)n2)CC1. The van der Waals surface area contributed by atoms with Crippen LogP contribution in [0.25, 0.3) is 0 Å². The van der Waals surface area contributed by atoms with Gasteiger partial charge >= 0.3 is 0 Å². The second-order valence-electron chi connectivity index (χ2n) is 5.90. The maximum atomic E-state index is 12.0. The van der Waals surface area contributed by atoms with Crippen molar-refractivity contribution >= 4 is 35.1 Å². The summed E-state index contributed by atoms with van der Waals surface area (Å²) in [4.78, 5) is 25.4. The Kier molecular flexibility index (Phi) is 6.76. The first-order valence-corrected chi connectivity index (χ1v) is 9.94. The number of likely N-dealkylation sites (N-methyl/N-ethyl adjacent to an activating group) is 1. The van der Waals surface area contributed by atoms with Crippen LogP contribution in [0.5, 0.6) is 0 Å². The Labute approximate surface area is 162 Å². The maximum Gasteiger partial charge on any atom is 0.230 e. The molecule has 0 unspecified atom stereocenters. The molecule has 1 N–H and O–H groups in total. The summed E-state index contributed by atoms with van der Waals surface area (Å²) >= 11 is 7.43. The normalized spacial score (nSPS) is 15.2. The third-order valence-electron chi connectivity index (χ3n) is 4.18. The van der Waals surface area contributed by atoms with Crippen LogP contribution < -0.4 is 10.2 Å². The van der Waals surface area contributed by atoms with Crippen molar-refractivity contribution in [3.63, 3.8) is 0 Å². The van der Waals surface area contributed by atoms with E-state index in [0.717, 1.165) is 44.3 Å². The zero-order valence-electron chi connectivity index (χ0n) is 14.7. The predicted molar refractivity (Wildman–Crippen MR) is 103 cm³/mol. The number of nitrogens with zero attached hydrogens (tertiary/aromatic N) is 4. The van der Waals surface area contributed by atoms with Gasteiger partial charge < -0.3 is 19.5 Å². The van der Waals surface area contributed by atoms with Crippen molar-refractivity contribution in [2.24, 2.45) is 0 Å². The molecule has 0 spiro atoms. The largest absolute Gasteiger partial charge is 0.467 e. The molecule has 1 amide bonds. The summed E-state index contributed by atoms with van der Waals surface area (Å²) < 4.78 is 5.19. The van der Waals surface area contributed by atoms with Crippen LogP contribution in [0.1, 0.15) is 12.7 Å². The molecule has 7 nitrogen and oxygen atoms in total.